The van der Waals surface area contributed by atoms with Crippen LogP contribution in [0.25, 0.3) is 11.1 Å². The summed E-state index contributed by atoms with van der Waals surface area (Å²) >= 11 is 0. The number of rotatable bonds is 2. The van der Waals surface area contributed by atoms with E-state index in [-0.39, 0.29) is 10.8 Å². The number of nitrogens with zero attached hydrogens (tertiary/aromatic N) is 5. The molecule has 3 heterocycles. The zero-order valence-corrected chi connectivity index (χ0v) is 17.8. The van der Waals surface area contributed by atoms with E-state index in [1.165, 1.54) is 28.8 Å². The molecule has 2 aliphatic rings. The molecule has 4 rings (SSSR count). The Kier molecular flexibility index (Phi) is 4.44. The van der Waals surface area contributed by atoms with Crippen molar-refractivity contribution in [3.63, 3.8) is 0 Å². The van der Waals surface area contributed by atoms with Gasteiger partial charge in [0.15, 0.2) is 0 Å². The van der Waals surface area contributed by atoms with Crippen LogP contribution in [0.2, 0.25) is 0 Å². The Morgan fingerprint density at radius 3 is 2.54 bits per heavy atom. The molecular formula is C23H29N5. The second-order valence-electron chi connectivity index (χ2n) is 9.65. The molecule has 1 aliphatic heterocycles. The molecule has 0 aromatic carbocycles. The number of aryl methyl sites for hydroxylation is 1. The van der Waals surface area contributed by atoms with Gasteiger partial charge in [0, 0.05) is 28.3 Å². The van der Waals surface area contributed by atoms with E-state index in [9.17, 15) is 0 Å². The summed E-state index contributed by atoms with van der Waals surface area (Å²) in [5, 5.41) is 12.5. The SMILES string of the molecule is Cc1cc(-c2c3c(nc(C(C)(C)C)c2C2=NN=NC2)C(C)(C)CCC3)ccn1. The summed E-state index contributed by atoms with van der Waals surface area (Å²) in [7, 11) is 0. The van der Waals surface area contributed by atoms with Gasteiger partial charge in [-0.15, -0.1) is 5.10 Å². The number of aromatic nitrogens is 2. The van der Waals surface area contributed by atoms with Crippen LogP contribution in [0.1, 0.15) is 75.7 Å². The van der Waals surface area contributed by atoms with Crippen LogP contribution < -0.4 is 0 Å². The van der Waals surface area contributed by atoms with Gasteiger partial charge in [-0.05, 0) is 60.2 Å². The lowest BCUT2D eigenvalue weighted by atomic mass is 9.71. The summed E-state index contributed by atoms with van der Waals surface area (Å²) in [5.74, 6) is 0. The highest BCUT2D eigenvalue weighted by Gasteiger charge is 2.36. The molecule has 1 aliphatic carbocycles. The van der Waals surface area contributed by atoms with Gasteiger partial charge < -0.3 is 0 Å². The molecule has 0 saturated heterocycles. The molecule has 5 heteroatoms. The van der Waals surface area contributed by atoms with Gasteiger partial charge in [-0.25, -0.2) is 0 Å². The maximum atomic E-state index is 5.31. The van der Waals surface area contributed by atoms with Crippen molar-refractivity contribution in [3.05, 3.63) is 46.5 Å². The van der Waals surface area contributed by atoms with Crippen molar-refractivity contribution in [3.8, 4) is 11.1 Å². The molecule has 0 spiro atoms. The zero-order valence-electron chi connectivity index (χ0n) is 17.8. The Bertz CT molecular complexity index is 993. The average Bonchev–Trinajstić information content (AvgIpc) is 3.13. The quantitative estimate of drug-likeness (QED) is 0.692. The minimum Gasteiger partial charge on any atom is -0.262 e. The third-order valence-corrected chi connectivity index (χ3v) is 5.80. The van der Waals surface area contributed by atoms with E-state index in [0.717, 1.165) is 35.5 Å². The number of hydrogen-bond donors (Lipinski definition) is 0. The maximum absolute atomic E-state index is 5.31. The van der Waals surface area contributed by atoms with E-state index >= 15 is 0 Å². The predicted octanol–water partition coefficient (Wildman–Crippen LogP) is 5.53. The van der Waals surface area contributed by atoms with Gasteiger partial charge in [0.1, 0.15) is 6.54 Å². The van der Waals surface area contributed by atoms with E-state index in [1.54, 1.807) is 0 Å². The molecule has 0 radical (unpaired) electrons. The van der Waals surface area contributed by atoms with Crippen LogP contribution in [-0.4, -0.2) is 22.2 Å². The molecule has 0 saturated carbocycles. The number of fused-ring (bicyclic) bond motifs is 1. The second-order valence-corrected chi connectivity index (χ2v) is 9.65. The molecular weight excluding hydrogens is 346 g/mol. The normalized spacial score (nSPS) is 18.1. The van der Waals surface area contributed by atoms with Crippen LogP contribution in [0.3, 0.4) is 0 Å². The first-order valence-corrected chi connectivity index (χ1v) is 10.1. The summed E-state index contributed by atoms with van der Waals surface area (Å²) in [6.07, 6.45) is 5.28. The zero-order chi connectivity index (χ0) is 20.1. The van der Waals surface area contributed by atoms with Gasteiger partial charge in [0.2, 0.25) is 0 Å². The highest BCUT2D eigenvalue weighted by Crippen LogP contribution is 2.44. The first-order valence-electron chi connectivity index (χ1n) is 10.1. The maximum Gasteiger partial charge on any atom is 0.107 e. The molecule has 0 amide bonds. The molecule has 0 unspecified atom stereocenters. The van der Waals surface area contributed by atoms with E-state index in [0.29, 0.717) is 6.54 Å². The van der Waals surface area contributed by atoms with Crippen molar-refractivity contribution in [2.45, 2.75) is 71.6 Å². The van der Waals surface area contributed by atoms with Gasteiger partial charge >= 0.3 is 0 Å². The van der Waals surface area contributed by atoms with Crippen LogP contribution in [0.5, 0.6) is 0 Å². The lowest BCUT2D eigenvalue weighted by Crippen LogP contribution is -2.31. The molecule has 0 atom stereocenters. The predicted molar refractivity (Wildman–Crippen MR) is 113 cm³/mol. The summed E-state index contributed by atoms with van der Waals surface area (Å²) in [6, 6.07) is 4.29. The molecule has 2 aromatic rings. The van der Waals surface area contributed by atoms with E-state index in [4.69, 9.17) is 4.98 Å². The van der Waals surface area contributed by atoms with Crippen LogP contribution >= 0.6 is 0 Å². The van der Waals surface area contributed by atoms with Crippen molar-refractivity contribution >= 4 is 5.71 Å². The average molecular weight is 376 g/mol. The number of pyridine rings is 2. The standard InChI is InChI=1S/C23H29N5/c1-14-12-15(9-11-24-14)18-16-8-7-10-23(5,6)20(16)26-21(22(2,3)4)19(18)17-13-25-28-27-17/h9,11-12H,7-8,10,13H2,1-6H3. The fourth-order valence-electron chi connectivity index (χ4n) is 4.44. The summed E-state index contributed by atoms with van der Waals surface area (Å²) < 4.78 is 0. The van der Waals surface area contributed by atoms with Crippen molar-refractivity contribution in [1.29, 1.82) is 0 Å². The molecule has 5 nitrogen and oxygen atoms in total. The third kappa shape index (κ3) is 3.17. The van der Waals surface area contributed by atoms with E-state index in [2.05, 4.69) is 67.2 Å². The Morgan fingerprint density at radius 1 is 1.11 bits per heavy atom. The Labute approximate surface area is 167 Å². The smallest absolute Gasteiger partial charge is 0.107 e. The van der Waals surface area contributed by atoms with Gasteiger partial charge in [-0.2, -0.15) is 5.11 Å². The van der Waals surface area contributed by atoms with Crippen LogP contribution in [0.15, 0.2) is 33.8 Å². The second kappa shape index (κ2) is 6.57. The lowest BCUT2D eigenvalue weighted by molar-refractivity contribution is 0.412. The summed E-state index contributed by atoms with van der Waals surface area (Å²) in [4.78, 5) is 9.73. The third-order valence-electron chi connectivity index (χ3n) is 5.80. The van der Waals surface area contributed by atoms with Crippen molar-refractivity contribution in [2.24, 2.45) is 15.4 Å². The van der Waals surface area contributed by atoms with Crippen molar-refractivity contribution in [2.75, 3.05) is 6.54 Å². The largest absolute Gasteiger partial charge is 0.262 e. The Balaban J connectivity index is 2.14. The molecule has 0 bridgehead atoms. The van der Waals surface area contributed by atoms with Gasteiger partial charge in [0.05, 0.1) is 17.1 Å². The minimum absolute atomic E-state index is 0.0647. The number of hydrogen-bond acceptors (Lipinski definition) is 5. The summed E-state index contributed by atoms with van der Waals surface area (Å²) in [5.41, 5.74) is 9.17. The van der Waals surface area contributed by atoms with E-state index < -0.39 is 0 Å². The minimum atomic E-state index is -0.111. The first kappa shape index (κ1) is 18.9. The lowest BCUT2D eigenvalue weighted by Gasteiger charge is -2.36. The molecule has 146 valence electrons. The van der Waals surface area contributed by atoms with Crippen molar-refractivity contribution < 1.29 is 0 Å². The summed E-state index contributed by atoms with van der Waals surface area (Å²) in [6.45, 7) is 13.9. The Hall–Kier alpha value is -2.43. The topological polar surface area (TPSA) is 62.9 Å². The first-order chi connectivity index (χ1) is 13.2. The monoisotopic (exact) mass is 375 g/mol. The van der Waals surface area contributed by atoms with Gasteiger partial charge in [0.25, 0.3) is 0 Å². The van der Waals surface area contributed by atoms with Gasteiger partial charge in [-0.1, -0.05) is 34.6 Å². The van der Waals surface area contributed by atoms with Gasteiger partial charge in [-0.3, -0.25) is 9.97 Å². The fourth-order valence-corrected chi connectivity index (χ4v) is 4.44. The highest BCUT2D eigenvalue weighted by molar-refractivity contribution is 6.09. The molecule has 28 heavy (non-hydrogen) atoms. The van der Waals surface area contributed by atoms with E-state index in [1.807, 2.05) is 13.1 Å². The van der Waals surface area contributed by atoms with Crippen LogP contribution in [-0.2, 0) is 17.3 Å². The van der Waals surface area contributed by atoms with Crippen LogP contribution in [0, 0.1) is 6.92 Å². The van der Waals surface area contributed by atoms with Crippen molar-refractivity contribution in [1.82, 2.24) is 9.97 Å². The Morgan fingerprint density at radius 2 is 1.89 bits per heavy atom. The molecule has 0 fully saturated rings. The molecule has 0 N–H and O–H groups in total. The molecule has 2 aromatic heterocycles. The highest BCUT2D eigenvalue weighted by atomic mass is 15.4. The van der Waals surface area contributed by atoms with Crippen LogP contribution in [0.4, 0.5) is 0 Å². The fraction of sp³-hybridized carbons (Fsp3) is 0.522.